The minimum atomic E-state index is -2.33. The van der Waals surface area contributed by atoms with Crippen LogP contribution in [-0.4, -0.2) is 11.4 Å². The fraction of sp³-hybridized carbons (Fsp3) is 0.250. The van der Waals surface area contributed by atoms with Gasteiger partial charge >= 0.3 is 0 Å². The molecule has 0 fully saturated rings. The SMILES string of the molecule is C=C(Nc1cc2c(cn1)=CC(C)CC=2)c1ccc(CC(F)F)cc1. The van der Waals surface area contributed by atoms with Crippen molar-refractivity contribution in [1.82, 2.24) is 4.98 Å². The molecule has 4 heteroatoms. The van der Waals surface area contributed by atoms with Crippen molar-refractivity contribution in [2.75, 3.05) is 5.32 Å². The lowest BCUT2D eigenvalue weighted by Crippen LogP contribution is -2.29. The summed E-state index contributed by atoms with van der Waals surface area (Å²) in [6, 6.07) is 9.02. The molecule has 2 aromatic rings. The molecule has 3 rings (SSSR count). The summed E-state index contributed by atoms with van der Waals surface area (Å²) in [5.41, 5.74) is 2.17. The van der Waals surface area contributed by atoms with E-state index < -0.39 is 6.43 Å². The van der Waals surface area contributed by atoms with Crippen LogP contribution < -0.4 is 15.8 Å². The Balaban J connectivity index is 1.74. The molecule has 0 aliphatic heterocycles. The van der Waals surface area contributed by atoms with Crippen molar-refractivity contribution < 1.29 is 8.78 Å². The van der Waals surface area contributed by atoms with Crippen molar-refractivity contribution in [3.63, 3.8) is 0 Å². The number of nitrogens with zero attached hydrogens (tertiary/aromatic N) is 1. The lowest BCUT2D eigenvalue weighted by atomic mass is 10.0. The number of nitrogens with one attached hydrogen (secondary N) is 1. The Bertz CT molecular complexity index is 854. The Kier molecular flexibility index (Phi) is 4.74. The molecule has 0 bridgehead atoms. The molecule has 1 unspecified atom stereocenters. The largest absolute Gasteiger partial charge is 0.340 e. The van der Waals surface area contributed by atoms with Crippen LogP contribution in [0, 0.1) is 5.92 Å². The van der Waals surface area contributed by atoms with Crippen molar-refractivity contribution in [3.05, 3.63) is 64.7 Å². The van der Waals surface area contributed by atoms with Crippen LogP contribution in [-0.2, 0) is 6.42 Å². The van der Waals surface area contributed by atoms with Gasteiger partial charge in [0.25, 0.3) is 0 Å². The van der Waals surface area contributed by atoms with Gasteiger partial charge in [0, 0.05) is 18.3 Å². The predicted octanol–water partition coefficient (Wildman–Crippen LogP) is 3.57. The molecule has 2 nitrogen and oxygen atoms in total. The zero-order valence-electron chi connectivity index (χ0n) is 13.6. The van der Waals surface area contributed by atoms with Gasteiger partial charge in [0.15, 0.2) is 0 Å². The van der Waals surface area contributed by atoms with Crippen molar-refractivity contribution in [2.24, 2.45) is 5.92 Å². The Morgan fingerprint density at radius 3 is 2.75 bits per heavy atom. The minimum Gasteiger partial charge on any atom is -0.340 e. The molecule has 1 aliphatic rings. The number of benzene rings is 1. The van der Waals surface area contributed by atoms with E-state index in [0.29, 0.717) is 17.2 Å². The highest BCUT2D eigenvalue weighted by Gasteiger charge is 2.07. The van der Waals surface area contributed by atoms with Crippen LogP contribution in [0.3, 0.4) is 0 Å². The number of hydrogen-bond acceptors (Lipinski definition) is 2. The molecule has 1 heterocycles. The average Bonchev–Trinajstić information content (AvgIpc) is 2.55. The van der Waals surface area contributed by atoms with Gasteiger partial charge in [0.2, 0.25) is 6.43 Å². The summed E-state index contributed by atoms with van der Waals surface area (Å²) < 4.78 is 24.8. The average molecular weight is 326 g/mol. The Labute approximate surface area is 140 Å². The zero-order valence-corrected chi connectivity index (χ0v) is 13.6. The van der Waals surface area contributed by atoms with Crippen molar-refractivity contribution in [2.45, 2.75) is 26.2 Å². The van der Waals surface area contributed by atoms with Crippen LogP contribution in [0.25, 0.3) is 17.8 Å². The number of halogens is 2. The molecule has 1 aromatic carbocycles. The van der Waals surface area contributed by atoms with E-state index in [0.717, 1.165) is 23.0 Å². The highest BCUT2D eigenvalue weighted by Crippen LogP contribution is 2.17. The molecule has 1 aliphatic carbocycles. The summed E-state index contributed by atoms with van der Waals surface area (Å²) in [5, 5.41) is 5.52. The van der Waals surface area contributed by atoms with Gasteiger partial charge in [-0.2, -0.15) is 0 Å². The van der Waals surface area contributed by atoms with Gasteiger partial charge in [0.05, 0.1) is 0 Å². The molecule has 24 heavy (non-hydrogen) atoms. The first-order chi connectivity index (χ1) is 11.5. The molecule has 0 saturated carbocycles. The third-order valence-corrected chi connectivity index (χ3v) is 4.11. The number of rotatable bonds is 5. The standard InChI is InChI=1S/C20H20F2N2/c1-13-3-6-17-11-20(23-12-18(17)9-13)24-14(2)16-7-4-15(5-8-16)10-19(21)22/h4-9,11-13,19,24H,2-3,10H2,1H3. The predicted molar refractivity (Wildman–Crippen MR) is 95.0 cm³/mol. The van der Waals surface area contributed by atoms with Gasteiger partial charge in [0.1, 0.15) is 5.82 Å². The van der Waals surface area contributed by atoms with E-state index in [1.165, 1.54) is 5.22 Å². The molecule has 0 radical (unpaired) electrons. The van der Waals surface area contributed by atoms with E-state index in [1.807, 2.05) is 12.3 Å². The summed E-state index contributed by atoms with van der Waals surface area (Å²) >= 11 is 0. The van der Waals surface area contributed by atoms with Crippen molar-refractivity contribution in [1.29, 1.82) is 0 Å². The van der Waals surface area contributed by atoms with Crippen LogP contribution in [0.2, 0.25) is 0 Å². The normalized spacial score (nSPS) is 16.1. The Morgan fingerprint density at radius 1 is 1.29 bits per heavy atom. The van der Waals surface area contributed by atoms with Crippen LogP contribution in [0.5, 0.6) is 0 Å². The fourth-order valence-electron chi connectivity index (χ4n) is 2.80. The van der Waals surface area contributed by atoms with E-state index in [1.54, 1.807) is 24.3 Å². The second-order valence-electron chi connectivity index (χ2n) is 6.18. The number of fused-ring (bicyclic) bond motifs is 1. The van der Waals surface area contributed by atoms with E-state index in [9.17, 15) is 8.78 Å². The summed E-state index contributed by atoms with van der Waals surface area (Å²) in [5.74, 6) is 1.27. The maximum Gasteiger partial charge on any atom is 0.242 e. The number of aromatic nitrogens is 1. The van der Waals surface area contributed by atoms with Gasteiger partial charge < -0.3 is 5.32 Å². The third-order valence-electron chi connectivity index (χ3n) is 4.11. The maximum absolute atomic E-state index is 12.4. The summed E-state index contributed by atoms with van der Waals surface area (Å²) in [6.07, 6.45) is 4.79. The molecule has 1 N–H and O–H groups in total. The number of anilines is 1. The third kappa shape index (κ3) is 3.88. The van der Waals surface area contributed by atoms with Gasteiger partial charge in [-0.3, -0.25) is 0 Å². The monoisotopic (exact) mass is 326 g/mol. The second-order valence-corrected chi connectivity index (χ2v) is 6.18. The van der Waals surface area contributed by atoms with Gasteiger partial charge in [-0.1, -0.05) is 49.9 Å². The van der Waals surface area contributed by atoms with Crippen LogP contribution in [0.15, 0.2) is 43.1 Å². The zero-order chi connectivity index (χ0) is 17.1. The smallest absolute Gasteiger partial charge is 0.242 e. The van der Waals surface area contributed by atoms with E-state index >= 15 is 0 Å². The molecule has 1 aromatic heterocycles. The van der Waals surface area contributed by atoms with Gasteiger partial charge in [-0.15, -0.1) is 0 Å². The van der Waals surface area contributed by atoms with E-state index in [4.69, 9.17) is 0 Å². The van der Waals surface area contributed by atoms with Gasteiger partial charge in [-0.25, -0.2) is 13.8 Å². The highest BCUT2D eigenvalue weighted by molar-refractivity contribution is 5.73. The lowest BCUT2D eigenvalue weighted by Gasteiger charge is -2.12. The summed E-state index contributed by atoms with van der Waals surface area (Å²) in [7, 11) is 0. The van der Waals surface area contributed by atoms with Gasteiger partial charge in [-0.05, 0) is 40.0 Å². The highest BCUT2D eigenvalue weighted by atomic mass is 19.3. The quantitative estimate of drug-likeness (QED) is 0.908. The molecular weight excluding hydrogens is 306 g/mol. The van der Waals surface area contributed by atoms with Crippen molar-refractivity contribution >= 4 is 23.7 Å². The maximum atomic E-state index is 12.4. The fourth-order valence-corrected chi connectivity index (χ4v) is 2.80. The summed E-state index contributed by atoms with van der Waals surface area (Å²) in [6.45, 7) is 6.20. The van der Waals surface area contributed by atoms with E-state index in [-0.39, 0.29) is 6.42 Å². The molecule has 0 amide bonds. The van der Waals surface area contributed by atoms with E-state index in [2.05, 4.69) is 36.0 Å². The minimum absolute atomic E-state index is 0.225. The number of alkyl halides is 2. The topological polar surface area (TPSA) is 24.9 Å². The first-order valence-electron chi connectivity index (χ1n) is 8.03. The molecule has 0 spiro atoms. The van der Waals surface area contributed by atoms with Crippen LogP contribution in [0.1, 0.15) is 24.5 Å². The first-order valence-corrected chi connectivity index (χ1v) is 8.03. The number of pyridine rings is 1. The molecule has 124 valence electrons. The molecule has 0 saturated heterocycles. The lowest BCUT2D eigenvalue weighted by molar-refractivity contribution is 0.149. The first kappa shape index (κ1) is 16.4. The van der Waals surface area contributed by atoms with Crippen LogP contribution >= 0.6 is 0 Å². The second kappa shape index (κ2) is 6.95. The molecule has 1 atom stereocenters. The number of hydrogen-bond donors (Lipinski definition) is 1. The Hall–Kier alpha value is -2.49. The van der Waals surface area contributed by atoms with Crippen LogP contribution in [0.4, 0.5) is 14.6 Å². The Morgan fingerprint density at radius 2 is 2.04 bits per heavy atom. The summed E-state index contributed by atoms with van der Waals surface area (Å²) in [4.78, 5) is 4.43. The molecular formula is C20H20F2N2. The van der Waals surface area contributed by atoms with Crippen molar-refractivity contribution in [3.8, 4) is 0 Å².